The molecule has 6 rings (SSSR count). The third kappa shape index (κ3) is 2.69. The highest BCUT2D eigenvalue weighted by molar-refractivity contribution is 6.08. The fraction of sp³-hybridized carbons (Fsp3) is 0. The third-order valence-electron chi connectivity index (χ3n) is 5.50. The number of hydrogen-bond donors (Lipinski definition) is 0. The first-order valence-corrected chi connectivity index (χ1v) is 9.73. The molecule has 0 aliphatic heterocycles. The summed E-state index contributed by atoms with van der Waals surface area (Å²) in [4.78, 5) is 4.59. The van der Waals surface area contributed by atoms with E-state index in [9.17, 15) is 0 Å². The van der Waals surface area contributed by atoms with Crippen LogP contribution >= 0.6 is 0 Å². The maximum absolute atomic E-state index is 5.89. The van der Waals surface area contributed by atoms with Crippen molar-refractivity contribution in [3.8, 4) is 22.6 Å². The highest BCUT2D eigenvalue weighted by atomic mass is 16.3. The highest BCUT2D eigenvalue weighted by Gasteiger charge is 2.08. The molecule has 29 heavy (non-hydrogen) atoms. The number of hydrogen-bond acceptors (Lipinski definition) is 2. The molecule has 1 heterocycles. The van der Waals surface area contributed by atoms with E-state index in [0.717, 1.165) is 16.7 Å². The molecule has 0 fully saturated rings. The predicted octanol–water partition coefficient (Wildman–Crippen LogP) is 7.47. The zero-order chi connectivity index (χ0) is 19.2. The zero-order valence-electron chi connectivity index (χ0n) is 15.7. The van der Waals surface area contributed by atoms with Crippen molar-refractivity contribution in [1.82, 2.24) is 4.98 Å². The maximum Gasteiger partial charge on any atom is 0.227 e. The van der Waals surface area contributed by atoms with Crippen LogP contribution in [-0.4, -0.2) is 4.98 Å². The Kier molecular flexibility index (Phi) is 3.50. The predicted molar refractivity (Wildman–Crippen MR) is 120 cm³/mol. The molecule has 0 aliphatic carbocycles. The molecule has 6 aromatic rings. The van der Waals surface area contributed by atoms with Crippen LogP contribution < -0.4 is 0 Å². The first kappa shape index (κ1) is 16.1. The van der Waals surface area contributed by atoms with Gasteiger partial charge in [0.1, 0.15) is 5.52 Å². The second-order valence-corrected chi connectivity index (χ2v) is 7.29. The lowest BCUT2D eigenvalue weighted by molar-refractivity contribution is 0.620. The molecule has 0 bridgehead atoms. The molecule has 0 saturated heterocycles. The van der Waals surface area contributed by atoms with Gasteiger partial charge in [0, 0.05) is 5.56 Å². The minimum absolute atomic E-state index is 0.655. The van der Waals surface area contributed by atoms with Crippen molar-refractivity contribution in [2.75, 3.05) is 0 Å². The molecule has 0 saturated carbocycles. The Bertz CT molecular complexity index is 1460. The number of aromatic nitrogens is 1. The van der Waals surface area contributed by atoms with E-state index in [4.69, 9.17) is 4.42 Å². The van der Waals surface area contributed by atoms with Crippen LogP contribution in [0, 0.1) is 0 Å². The Morgan fingerprint density at radius 3 is 2.10 bits per heavy atom. The SMILES string of the molecule is c1ccc2c(c1)ccc1cc(-c3ccc(-c4nc5ccccc5o4)cc3)ccc12. The summed E-state index contributed by atoms with van der Waals surface area (Å²) < 4.78 is 5.89. The fourth-order valence-corrected chi connectivity index (χ4v) is 3.99. The van der Waals surface area contributed by atoms with Crippen molar-refractivity contribution in [2.24, 2.45) is 0 Å². The standard InChI is InChI=1S/C27H17NO/c1-2-6-23-19(5-1)11-14-22-17-21(15-16-24(22)23)18-9-12-20(13-10-18)27-28-25-7-3-4-8-26(25)29-27/h1-17H. The van der Waals surface area contributed by atoms with Crippen molar-refractivity contribution in [2.45, 2.75) is 0 Å². The van der Waals surface area contributed by atoms with Gasteiger partial charge in [-0.25, -0.2) is 4.98 Å². The van der Waals surface area contributed by atoms with Gasteiger partial charge in [0.2, 0.25) is 5.89 Å². The number of fused-ring (bicyclic) bond motifs is 4. The van der Waals surface area contributed by atoms with Crippen LogP contribution in [0.25, 0.3) is 55.2 Å². The summed E-state index contributed by atoms with van der Waals surface area (Å²) in [6, 6.07) is 35.9. The van der Waals surface area contributed by atoms with Crippen LogP contribution in [0.1, 0.15) is 0 Å². The van der Waals surface area contributed by atoms with Gasteiger partial charge >= 0.3 is 0 Å². The first-order valence-electron chi connectivity index (χ1n) is 9.73. The van der Waals surface area contributed by atoms with Crippen molar-refractivity contribution < 1.29 is 4.42 Å². The summed E-state index contributed by atoms with van der Waals surface area (Å²) in [5.74, 6) is 0.655. The minimum atomic E-state index is 0.655. The van der Waals surface area contributed by atoms with Gasteiger partial charge in [0.05, 0.1) is 0 Å². The Labute approximate surface area is 168 Å². The quantitative estimate of drug-likeness (QED) is 0.295. The van der Waals surface area contributed by atoms with Crippen molar-refractivity contribution in [3.05, 3.63) is 103 Å². The van der Waals surface area contributed by atoms with Crippen LogP contribution in [0.2, 0.25) is 0 Å². The molecule has 5 aromatic carbocycles. The second-order valence-electron chi connectivity index (χ2n) is 7.29. The average Bonchev–Trinajstić information content (AvgIpc) is 3.23. The van der Waals surface area contributed by atoms with Gasteiger partial charge in [0.15, 0.2) is 5.58 Å². The number of para-hydroxylation sites is 2. The molecule has 0 aliphatic rings. The minimum Gasteiger partial charge on any atom is -0.436 e. The van der Waals surface area contributed by atoms with Gasteiger partial charge in [-0.2, -0.15) is 0 Å². The Morgan fingerprint density at radius 1 is 0.517 bits per heavy atom. The largest absolute Gasteiger partial charge is 0.436 e. The fourth-order valence-electron chi connectivity index (χ4n) is 3.99. The van der Waals surface area contributed by atoms with E-state index in [1.807, 2.05) is 24.3 Å². The average molecular weight is 371 g/mol. The molecule has 0 amide bonds. The summed E-state index contributed by atoms with van der Waals surface area (Å²) in [6.07, 6.45) is 0. The van der Waals surface area contributed by atoms with E-state index in [2.05, 4.69) is 83.8 Å². The molecule has 2 nitrogen and oxygen atoms in total. The summed E-state index contributed by atoms with van der Waals surface area (Å²) in [5.41, 5.74) is 5.07. The van der Waals surface area contributed by atoms with Crippen molar-refractivity contribution >= 4 is 32.6 Å². The Balaban J connectivity index is 1.40. The molecule has 136 valence electrons. The normalized spacial score (nSPS) is 11.4. The van der Waals surface area contributed by atoms with E-state index in [-0.39, 0.29) is 0 Å². The monoisotopic (exact) mass is 371 g/mol. The molecule has 0 N–H and O–H groups in total. The van der Waals surface area contributed by atoms with E-state index in [0.29, 0.717) is 5.89 Å². The number of benzene rings is 5. The van der Waals surface area contributed by atoms with Gasteiger partial charge in [-0.3, -0.25) is 0 Å². The number of nitrogens with zero attached hydrogens (tertiary/aromatic N) is 1. The van der Waals surface area contributed by atoms with Gasteiger partial charge in [-0.05, 0) is 63.0 Å². The molecule has 0 unspecified atom stereocenters. The second kappa shape index (κ2) is 6.32. The van der Waals surface area contributed by atoms with Gasteiger partial charge in [-0.1, -0.05) is 72.8 Å². The lowest BCUT2D eigenvalue weighted by Gasteiger charge is -2.07. The van der Waals surface area contributed by atoms with Crippen LogP contribution in [0.5, 0.6) is 0 Å². The maximum atomic E-state index is 5.89. The molecular formula is C27H17NO. The smallest absolute Gasteiger partial charge is 0.227 e. The van der Waals surface area contributed by atoms with Crippen LogP contribution in [0.15, 0.2) is 108 Å². The highest BCUT2D eigenvalue weighted by Crippen LogP contribution is 2.31. The van der Waals surface area contributed by atoms with Gasteiger partial charge < -0.3 is 4.42 Å². The Morgan fingerprint density at radius 2 is 1.21 bits per heavy atom. The summed E-state index contributed by atoms with van der Waals surface area (Å²) in [6.45, 7) is 0. The molecule has 1 aromatic heterocycles. The lowest BCUT2D eigenvalue weighted by Crippen LogP contribution is -1.82. The van der Waals surface area contributed by atoms with Crippen LogP contribution in [-0.2, 0) is 0 Å². The zero-order valence-corrected chi connectivity index (χ0v) is 15.7. The number of rotatable bonds is 2. The lowest BCUT2D eigenvalue weighted by atomic mass is 9.97. The molecule has 2 heteroatoms. The molecule has 0 atom stereocenters. The summed E-state index contributed by atoms with van der Waals surface area (Å²) in [5, 5.41) is 5.11. The van der Waals surface area contributed by atoms with E-state index >= 15 is 0 Å². The van der Waals surface area contributed by atoms with Crippen molar-refractivity contribution in [1.29, 1.82) is 0 Å². The first-order chi connectivity index (χ1) is 14.3. The van der Waals surface area contributed by atoms with Crippen LogP contribution in [0.3, 0.4) is 0 Å². The van der Waals surface area contributed by atoms with E-state index in [1.54, 1.807) is 0 Å². The van der Waals surface area contributed by atoms with Gasteiger partial charge in [0.25, 0.3) is 0 Å². The van der Waals surface area contributed by atoms with Crippen LogP contribution in [0.4, 0.5) is 0 Å². The Hall–Kier alpha value is -3.91. The molecular weight excluding hydrogens is 354 g/mol. The third-order valence-corrected chi connectivity index (χ3v) is 5.50. The van der Waals surface area contributed by atoms with E-state index in [1.165, 1.54) is 32.7 Å². The number of oxazole rings is 1. The summed E-state index contributed by atoms with van der Waals surface area (Å²) >= 11 is 0. The van der Waals surface area contributed by atoms with Crippen molar-refractivity contribution in [3.63, 3.8) is 0 Å². The molecule has 0 spiro atoms. The molecule has 0 radical (unpaired) electrons. The topological polar surface area (TPSA) is 26.0 Å². The summed E-state index contributed by atoms with van der Waals surface area (Å²) in [7, 11) is 0. The van der Waals surface area contributed by atoms with E-state index < -0.39 is 0 Å². The van der Waals surface area contributed by atoms with Gasteiger partial charge in [-0.15, -0.1) is 0 Å².